The van der Waals surface area contributed by atoms with E-state index >= 15 is 0 Å². The molecular weight excluding hydrogens is 380 g/mol. The van der Waals surface area contributed by atoms with Gasteiger partial charge in [-0.25, -0.2) is 9.98 Å². The van der Waals surface area contributed by atoms with Crippen molar-refractivity contribution >= 4 is 38.3 Å². The number of nitrogens with one attached hydrogen (secondary N) is 1. The molecule has 0 atom stereocenters. The molecule has 7 nitrogen and oxygen atoms in total. The quantitative estimate of drug-likeness (QED) is 0.306. The minimum atomic E-state index is -0.273. The van der Waals surface area contributed by atoms with Gasteiger partial charge in [-0.05, 0) is 35.7 Å². The van der Waals surface area contributed by atoms with E-state index in [2.05, 4.69) is 9.98 Å². The molecule has 30 heavy (non-hydrogen) atoms. The Morgan fingerprint density at radius 1 is 0.933 bits per heavy atom. The largest absolute Gasteiger partial charge is 0.494 e. The fourth-order valence-electron chi connectivity index (χ4n) is 4.09. The van der Waals surface area contributed by atoms with Crippen molar-refractivity contribution < 1.29 is 9.52 Å². The molecule has 1 aliphatic rings. The van der Waals surface area contributed by atoms with Crippen LogP contribution in [0.4, 0.5) is 0 Å². The number of rotatable bonds is 0. The van der Waals surface area contributed by atoms with E-state index in [4.69, 9.17) is 9.83 Å². The Kier molecular flexibility index (Phi) is 3.13. The predicted molar refractivity (Wildman–Crippen MR) is 111 cm³/mol. The molecule has 7 heteroatoms. The zero-order valence-corrected chi connectivity index (χ0v) is 15.8. The maximum Gasteiger partial charge on any atom is 0.260 e. The summed E-state index contributed by atoms with van der Waals surface area (Å²) in [6.45, 7) is 0. The highest BCUT2D eigenvalue weighted by Gasteiger charge is 2.17. The molecule has 0 saturated heterocycles. The molecule has 0 bridgehead atoms. The zero-order chi connectivity index (χ0) is 20.6. The molecule has 1 aliphatic heterocycles. The van der Waals surface area contributed by atoms with E-state index in [9.17, 15) is 9.90 Å². The third kappa shape index (κ3) is 2.08. The van der Waals surface area contributed by atoms with Crippen LogP contribution < -0.4 is 27.0 Å². The Bertz CT molecular complexity index is 1830. The van der Waals surface area contributed by atoms with Crippen LogP contribution in [0.25, 0.3) is 38.3 Å². The molecule has 0 saturated carbocycles. The van der Waals surface area contributed by atoms with Gasteiger partial charge >= 0.3 is 0 Å². The number of nitrogens with zero attached hydrogens (tertiary/aromatic N) is 3. The highest BCUT2D eigenvalue weighted by Crippen LogP contribution is 2.35. The van der Waals surface area contributed by atoms with Crippen LogP contribution in [0.5, 0.6) is 5.88 Å². The van der Waals surface area contributed by atoms with Crippen LogP contribution in [0.2, 0.25) is 0 Å². The van der Waals surface area contributed by atoms with Crippen LogP contribution in [0.1, 0.15) is 0 Å². The van der Waals surface area contributed by atoms with Gasteiger partial charge in [0, 0.05) is 28.6 Å². The average Bonchev–Trinajstić information content (AvgIpc) is 3.19. The lowest BCUT2D eigenvalue weighted by Crippen LogP contribution is -2.25. The number of hydrogen-bond acceptors (Lipinski definition) is 6. The average molecular weight is 394 g/mol. The summed E-state index contributed by atoms with van der Waals surface area (Å²) in [5.74, 6) is 0.277. The molecule has 2 N–H and O–H groups in total. The highest BCUT2D eigenvalue weighted by atomic mass is 16.3. The second-order valence-corrected chi connectivity index (χ2v) is 7.28. The first-order chi connectivity index (χ1) is 14.5. The molecule has 5 aromatic rings. The van der Waals surface area contributed by atoms with Crippen LogP contribution in [0, 0.1) is 5.41 Å². The maximum absolute atomic E-state index is 12.7. The summed E-state index contributed by atoms with van der Waals surface area (Å²) >= 11 is 0. The van der Waals surface area contributed by atoms with Crippen molar-refractivity contribution in [1.82, 2.24) is 4.57 Å². The summed E-state index contributed by atoms with van der Waals surface area (Å²) in [5, 5.41) is 24.1. The molecule has 6 rings (SSSR count). The van der Waals surface area contributed by atoms with Gasteiger partial charge in [0.1, 0.15) is 5.58 Å². The summed E-state index contributed by atoms with van der Waals surface area (Å²) in [7, 11) is 1.53. The van der Waals surface area contributed by atoms with Crippen LogP contribution in [0.3, 0.4) is 0 Å². The van der Waals surface area contributed by atoms with Gasteiger partial charge in [0.2, 0.25) is 11.4 Å². The first-order valence-electron chi connectivity index (χ1n) is 9.35. The molecule has 3 aromatic carbocycles. The second-order valence-electron chi connectivity index (χ2n) is 7.28. The van der Waals surface area contributed by atoms with Crippen LogP contribution in [-0.2, 0) is 7.05 Å². The molecule has 3 heterocycles. The van der Waals surface area contributed by atoms with Gasteiger partial charge in [0.05, 0.1) is 15.9 Å². The van der Waals surface area contributed by atoms with Gasteiger partial charge in [-0.3, -0.25) is 14.8 Å². The van der Waals surface area contributed by atoms with Crippen LogP contribution in [0.15, 0.2) is 73.8 Å². The normalized spacial score (nSPS) is 13.0. The molecule has 0 unspecified atom stereocenters. The summed E-state index contributed by atoms with van der Waals surface area (Å²) in [6, 6.07) is 16.4. The van der Waals surface area contributed by atoms with E-state index in [0.29, 0.717) is 32.8 Å². The lowest BCUT2D eigenvalue weighted by atomic mass is 9.98. The summed E-state index contributed by atoms with van der Waals surface area (Å²) < 4.78 is 7.04. The lowest BCUT2D eigenvalue weighted by molar-refractivity contribution is 0.431. The third-order valence-corrected chi connectivity index (χ3v) is 5.58. The van der Waals surface area contributed by atoms with Gasteiger partial charge in [-0.2, -0.15) is 0 Å². The van der Waals surface area contributed by atoms with Gasteiger partial charge in [-0.1, -0.05) is 24.3 Å². The molecular formula is C23H14N4O3. The number of pyridine rings is 1. The van der Waals surface area contributed by atoms with Crippen molar-refractivity contribution in [1.29, 1.82) is 5.41 Å². The fraction of sp³-hybridized carbons (Fsp3) is 0.0435. The minimum Gasteiger partial charge on any atom is -0.494 e. The third-order valence-electron chi connectivity index (χ3n) is 5.58. The smallest absolute Gasteiger partial charge is 0.260 e. The fourth-order valence-corrected chi connectivity index (χ4v) is 4.09. The Morgan fingerprint density at radius 3 is 2.37 bits per heavy atom. The van der Waals surface area contributed by atoms with Crippen molar-refractivity contribution in [3.8, 4) is 5.88 Å². The minimum absolute atomic E-state index is 0.0692. The van der Waals surface area contributed by atoms with Crippen LogP contribution in [-0.4, -0.2) is 9.67 Å². The molecule has 0 aliphatic carbocycles. The summed E-state index contributed by atoms with van der Waals surface area (Å²) in [6.07, 6.45) is 0. The van der Waals surface area contributed by atoms with Crippen molar-refractivity contribution in [3.05, 3.63) is 86.4 Å². The van der Waals surface area contributed by atoms with Gasteiger partial charge in [0.15, 0.2) is 5.82 Å². The molecule has 0 spiro atoms. The van der Waals surface area contributed by atoms with Gasteiger partial charge in [0.25, 0.3) is 5.56 Å². The van der Waals surface area contributed by atoms with E-state index in [1.807, 2.05) is 36.4 Å². The van der Waals surface area contributed by atoms with E-state index < -0.39 is 0 Å². The number of para-hydroxylation sites is 2. The van der Waals surface area contributed by atoms with Crippen molar-refractivity contribution in [2.75, 3.05) is 0 Å². The first kappa shape index (κ1) is 16.7. The standard InChI is InChI=1S/C23H14N4O3/c1-27-22(28)12-6-4-5-11-13-9-15(21-25-16-7-2-3-8-17(16)26-21)20(24)30-18(13)10-14(19(11)12)23(27)29/h2-10,24,29H,1H3. The first-order valence-corrected chi connectivity index (χ1v) is 9.35. The monoisotopic (exact) mass is 394 g/mol. The van der Waals surface area contributed by atoms with Crippen molar-refractivity contribution in [2.24, 2.45) is 17.0 Å². The zero-order valence-electron chi connectivity index (χ0n) is 15.8. The molecule has 144 valence electrons. The van der Waals surface area contributed by atoms with E-state index in [0.717, 1.165) is 21.5 Å². The molecule has 0 amide bonds. The lowest BCUT2D eigenvalue weighted by Gasteiger charge is -2.12. The van der Waals surface area contributed by atoms with E-state index in [-0.39, 0.29) is 17.0 Å². The second kappa shape index (κ2) is 5.64. The number of fused-ring (bicyclic) bond motifs is 3. The molecule has 2 aromatic heterocycles. The predicted octanol–water partition coefficient (Wildman–Crippen LogP) is 1.36. The number of hydrogen-bond donors (Lipinski definition) is 2. The summed E-state index contributed by atoms with van der Waals surface area (Å²) in [5.41, 5.74) is 0.0962. The van der Waals surface area contributed by atoms with Crippen molar-refractivity contribution in [2.45, 2.75) is 0 Å². The molecule has 0 radical (unpaired) electrons. The Morgan fingerprint density at radius 2 is 1.63 bits per heavy atom. The Labute approximate surface area is 167 Å². The van der Waals surface area contributed by atoms with Crippen LogP contribution >= 0.6 is 0 Å². The SMILES string of the molecule is Cn1c(O)c2cc3oc(=N)c(=C4N=c5ccccc5=N4)cc3c3cccc(c1=O)c23. The molecule has 0 fully saturated rings. The van der Waals surface area contributed by atoms with Crippen molar-refractivity contribution in [3.63, 3.8) is 0 Å². The number of aromatic hydroxyl groups is 1. The Balaban J connectivity index is 1.84. The Hall–Kier alpha value is -4.26. The van der Waals surface area contributed by atoms with E-state index in [1.165, 1.54) is 11.6 Å². The summed E-state index contributed by atoms with van der Waals surface area (Å²) in [4.78, 5) is 21.7. The highest BCUT2D eigenvalue weighted by molar-refractivity contribution is 6.21. The maximum atomic E-state index is 12.7. The van der Waals surface area contributed by atoms with Gasteiger partial charge < -0.3 is 9.52 Å². The van der Waals surface area contributed by atoms with E-state index in [1.54, 1.807) is 18.2 Å². The number of aromatic nitrogens is 1. The topological polar surface area (TPSA) is 104 Å². The number of benzene rings is 3. The van der Waals surface area contributed by atoms with Gasteiger partial charge in [-0.15, -0.1) is 0 Å².